The van der Waals surface area contributed by atoms with Crippen LogP contribution in [0.25, 0.3) is 0 Å². The summed E-state index contributed by atoms with van der Waals surface area (Å²) in [5, 5.41) is 0. The summed E-state index contributed by atoms with van der Waals surface area (Å²) in [6, 6.07) is 0. The van der Waals surface area contributed by atoms with E-state index in [0.717, 1.165) is 12.8 Å². The van der Waals surface area contributed by atoms with Gasteiger partial charge in [0, 0.05) is 17.7 Å². The summed E-state index contributed by atoms with van der Waals surface area (Å²) in [5.41, 5.74) is 0.430. The molecule has 0 N–H and O–H groups in total. The summed E-state index contributed by atoms with van der Waals surface area (Å²) < 4.78 is 11.8. The Kier molecular flexibility index (Phi) is 8.01. The van der Waals surface area contributed by atoms with Crippen molar-refractivity contribution >= 4 is 9.28 Å². The van der Waals surface area contributed by atoms with Gasteiger partial charge in [-0.3, -0.25) is 0 Å². The van der Waals surface area contributed by atoms with Gasteiger partial charge in [-0.05, 0) is 34.1 Å². The van der Waals surface area contributed by atoms with Crippen molar-refractivity contribution in [2.45, 2.75) is 65.2 Å². The van der Waals surface area contributed by atoms with Crippen LogP contribution < -0.4 is 0 Å². The molecule has 3 heteroatoms. The average molecular weight is 230 g/mol. The van der Waals surface area contributed by atoms with Gasteiger partial charge in [0.1, 0.15) is 0 Å². The molecule has 2 nitrogen and oxygen atoms in total. The van der Waals surface area contributed by atoms with Crippen molar-refractivity contribution in [3.63, 3.8) is 0 Å². The first-order chi connectivity index (χ1) is 7.01. The largest absolute Gasteiger partial charge is 0.394 e. The van der Waals surface area contributed by atoms with E-state index in [9.17, 15) is 0 Å². The Labute approximate surface area is 96.5 Å². The second-order valence-electron chi connectivity index (χ2n) is 4.43. The lowest BCUT2D eigenvalue weighted by molar-refractivity contribution is 0.125. The van der Waals surface area contributed by atoms with Crippen molar-refractivity contribution in [1.29, 1.82) is 0 Å². The maximum atomic E-state index is 5.91. The monoisotopic (exact) mass is 230 g/mol. The van der Waals surface area contributed by atoms with Gasteiger partial charge in [-0.2, -0.15) is 0 Å². The molecule has 0 aromatic heterocycles. The molecule has 0 fully saturated rings. The molecule has 0 spiro atoms. The van der Waals surface area contributed by atoms with Crippen molar-refractivity contribution in [2.24, 2.45) is 0 Å². The first-order valence-electron chi connectivity index (χ1n) is 5.94. The van der Waals surface area contributed by atoms with Crippen LogP contribution in [0.3, 0.4) is 0 Å². The van der Waals surface area contributed by atoms with Crippen molar-refractivity contribution < 1.29 is 8.85 Å². The summed E-state index contributed by atoms with van der Waals surface area (Å²) in [4.78, 5) is 0. The van der Waals surface area contributed by atoms with Gasteiger partial charge in [-0.15, -0.1) is 6.58 Å². The Morgan fingerprint density at radius 1 is 1.13 bits per heavy atom. The van der Waals surface area contributed by atoms with Gasteiger partial charge < -0.3 is 8.85 Å². The zero-order valence-electron chi connectivity index (χ0n) is 10.8. The topological polar surface area (TPSA) is 18.5 Å². The predicted octanol–water partition coefficient (Wildman–Crippen LogP) is 3.41. The molecule has 0 aliphatic carbocycles. The molecule has 0 radical (unpaired) electrons. The van der Waals surface area contributed by atoms with Crippen molar-refractivity contribution in [1.82, 2.24) is 0 Å². The van der Waals surface area contributed by atoms with Crippen LogP contribution >= 0.6 is 0 Å². The lowest BCUT2D eigenvalue weighted by Crippen LogP contribution is -2.33. The lowest BCUT2D eigenvalue weighted by Gasteiger charge is -2.26. The van der Waals surface area contributed by atoms with E-state index in [-0.39, 0.29) is 12.2 Å². The Balaban J connectivity index is 4.35. The molecule has 0 saturated carbocycles. The first-order valence-corrected chi connectivity index (χ1v) is 7.55. The summed E-state index contributed by atoms with van der Waals surface area (Å²) in [6.07, 6.45) is 4.79. The highest BCUT2D eigenvalue weighted by molar-refractivity contribution is 6.47. The normalized spacial score (nSPS) is 13.9. The maximum Gasteiger partial charge on any atom is 0.328 e. The zero-order chi connectivity index (χ0) is 11.8. The van der Waals surface area contributed by atoms with E-state index in [0.29, 0.717) is 5.54 Å². The van der Waals surface area contributed by atoms with E-state index in [1.54, 1.807) is 0 Å². The molecule has 1 unspecified atom stereocenters. The quantitative estimate of drug-likeness (QED) is 0.470. The van der Waals surface area contributed by atoms with Crippen molar-refractivity contribution in [3.8, 4) is 0 Å². The summed E-state index contributed by atoms with van der Waals surface area (Å²) in [6.45, 7) is 14.3. The Morgan fingerprint density at radius 3 is 1.87 bits per heavy atom. The van der Waals surface area contributed by atoms with Gasteiger partial charge in [0.05, 0.1) is 0 Å². The van der Waals surface area contributed by atoms with Crippen molar-refractivity contribution in [2.75, 3.05) is 0 Å². The van der Waals surface area contributed by atoms with Crippen LogP contribution in [-0.4, -0.2) is 21.5 Å². The fourth-order valence-electron chi connectivity index (χ4n) is 1.47. The number of rotatable bonds is 8. The number of allylic oxidation sites excluding steroid dienone is 1. The SMILES string of the molecule is C=CC(CCC)[SiH](OC(C)C)OC(C)C. The molecule has 0 amide bonds. The lowest BCUT2D eigenvalue weighted by atomic mass is 10.2. The molecule has 0 saturated heterocycles. The van der Waals surface area contributed by atoms with E-state index < -0.39 is 9.28 Å². The molecule has 15 heavy (non-hydrogen) atoms. The second kappa shape index (κ2) is 8.08. The van der Waals surface area contributed by atoms with Crippen LogP contribution in [0.1, 0.15) is 47.5 Å². The third-order valence-electron chi connectivity index (χ3n) is 2.09. The molecule has 0 rings (SSSR count). The molecule has 0 bridgehead atoms. The van der Waals surface area contributed by atoms with Crippen LogP contribution in [0.4, 0.5) is 0 Å². The van der Waals surface area contributed by atoms with Gasteiger partial charge in [-0.1, -0.05) is 19.4 Å². The highest BCUT2D eigenvalue weighted by Crippen LogP contribution is 2.22. The van der Waals surface area contributed by atoms with Gasteiger partial charge in [0.25, 0.3) is 0 Å². The van der Waals surface area contributed by atoms with E-state index in [1.807, 2.05) is 6.08 Å². The molecule has 0 aliphatic heterocycles. The highest BCUT2D eigenvalue weighted by Gasteiger charge is 2.25. The number of hydrogen-bond acceptors (Lipinski definition) is 2. The van der Waals surface area contributed by atoms with Gasteiger partial charge in [0.15, 0.2) is 0 Å². The molecule has 90 valence electrons. The van der Waals surface area contributed by atoms with Gasteiger partial charge in [-0.25, -0.2) is 0 Å². The summed E-state index contributed by atoms with van der Waals surface area (Å²) in [7, 11) is -1.60. The molecule has 0 aliphatic rings. The minimum atomic E-state index is -1.60. The van der Waals surface area contributed by atoms with Crippen LogP contribution in [0, 0.1) is 0 Å². The second-order valence-corrected chi connectivity index (χ2v) is 6.56. The van der Waals surface area contributed by atoms with E-state index in [4.69, 9.17) is 8.85 Å². The summed E-state index contributed by atoms with van der Waals surface area (Å²) in [5.74, 6) is 0. The van der Waals surface area contributed by atoms with Crippen LogP contribution in [0.2, 0.25) is 5.54 Å². The molecule has 0 heterocycles. The van der Waals surface area contributed by atoms with E-state index in [2.05, 4.69) is 41.2 Å². The van der Waals surface area contributed by atoms with Crippen LogP contribution in [0.5, 0.6) is 0 Å². The average Bonchev–Trinajstić information content (AvgIpc) is 2.11. The van der Waals surface area contributed by atoms with E-state index >= 15 is 0 Å². The highest BCUT2D eigenvalue weighted by atomic mass is 28.3. The predicted molar refractivity (Wildman–Crippen MR) is 68.4 cm³/mol. The Morgan fingerprint density at radius 2 is 1.60 bits per heavy atom. The zero-order valence-corrected chi connectivity index (χ0v) is 12.0. The van der Waals surface area contributed by atoms with Crippen LogP contribution in [-0.2, 0) is 8.85 Å². The smallest absolute Gasteiger partial charge is 0.328 e. The molecular weight excluding hydrogens is 204 g/mol. The fourth-order valence-corrected chi connectivity index (χ4v) is 3.84. The minimum Gasteiger partial charge on any atom is -0.394 e. The standard InChI is InChI=1S/C12H26O2Si/c1-7-9-12(8-2)15(13-10(3)4)14-11(5)6/h8,10-12,15H,2,7,9H2,1,3-6H3. The number of hydrogen-bond donors (Lipinski definition) is 0. The maximum absolute atomic E-state index is 5.91. The molecular formula is C12H26O2Si. The molecule has 1 atom stereocenters. The minimum absolute atomic E-state index is 0.250. The first kappa shape index (κ1) is 14.9. The molecule has 0 aromatic rings. The van der Waals surface area contributed by atoms with Crippen LogP contribution in [0.15, 0.2) is 12.7 Å². The Bertz CT molecular complexity index is 159. The third-order valence-corrected chi connectivity index (χ3v) is 5.02. The van der Waals surface area contributed by atoms with Crippen molar-refractivity contribution in [3.05, 3.63) is 12.7 Å². The fraction of sp³-hybridized carbons (Fsp3) is 0.833. The third kappa shape index (κ3) is 6.87. The van der Waals surface area contributed by atoms with E-state index in [1.165, 1.54) is 0 Å². The Hall–Kier alpha value is -0.123. The molecule has 0 aromatic carbocycles. The summed E-state index contributed by atoms with van der Waals surface area (Å²) >= 11 is 0. The van der Waals surface area contributed by atoms with Gasteiger partial charge in [0.2, 0.25) is 0 Å². The van der Waals surface area contributed by atoms with Gasteiger partial charge >= 0.3 is 9.28 Å².